The van der Waals surface area contributed by atoms with Crippen LogP contribution in [0.25, 0.3) is 0 Å². The van der Waals surface area contributed by atoms with Crippen LogP contribution in [0.1, 0.15) is 33.2 Å². The van der Waals surface area contributed by atoms with Gasteiger partial charge in [-0.1, -0.05) is 6.92 Å². The molecule has 0 aromatic carbocycles. The Hall–Kier alpha value is -0.940. The van der Waals surface area contributed by atoms with E-state index in [0.29, 0.717) is 13.2 Å². The molecular weight excluding hydrogens is 190 g/mol. The highest BCUT2D eigenvalue weighted by Gasteiger charge is 2.23. The number of hydrogen-bond donors (Lipinski definition) is 1. The minimum absolute atomic E-state index is 0.169. The Morgan fingerprint density at radius 2 is 2.54 bits per heavy atom. The maximum atomic E-state index is 10.6. The molecule has 1 N–H and O–H groups in total. The number of rotatable bonds is 1. The van der Waals surface area contributed by atoms with Crippen molar-refractivity contribution in [3.05, 3.63) is 15.6 Å². The SMILES string of the molecule is CC1COCc2nc(C(=O)O)sc21. The summed E-state index contributed by atoms with van der Waals surface area (Å²) in [5.74, 6) is -0.680. The number of aromatic nitrogens is 1. The van der Waals surface area contributed by atoms with Gasteiger partial charge in [-0.15, -0.1) is 11.3 Å². The van der Waals surface area contributed by atoms with Crippen molar-refractivity contribution in [2.45, 2.75) is 19.4 Å². The minimum atomic E-state index is -0.952. The molecule has 0 saturated heterocycles. The van der Waals surface area contributed by atoms with E-state index in [1.165, 1.54) is 11.3 Å². The van der Waals surface area contributed by atoms with E-state index in [-0.39, 0.29) is 10.9 Å². The van der Waals surface area contributed by atoms with Gasteiger partial charge < -0.3 is 9.84 Å². The third-order valence-electron chi connectivity index (χ3n) is 1.96. The molecule has 0 amide bonds. The Bertz CT molecular complexity index is 347. The first-order valence-corrected chi connectivity index (χ1v) is 4.80. The largest absolute Gasteiger partial charge is 0.476 e. The zero-order valence-corrected chi connectivity index (χ0v) is 7.93. The van der Waals surface area contributed by atoms with Crippen molar-refractivity contribution in [1.82, 2.24) is 4.98 Å². The summed E-state index contributed by atoms with van der Waals surface area (Å²) in [6.07, 6.45) is 0. The maximum Gasteiger partial charge on any atom is 0.365 e. The summed E-state index contributed by atoms with van der Waals surface area (Å²) < 4.78 is 5.25. The molecular formula is C8H9NO3S. The molecule has 70 valence electrons. The van der Waals surface area contributed by atoms with Gasteiger partial charge in [0.1, 0.15) is 0 Å². The normalized spacial score (nSPS) is 21.2. The van der Waals surface area contributed by atoms with E-state index in [2.05, 4.69) is 4.98 Å². The average Bonchev–Trinajstić information content (AvgIpc) is 2.49. The topological polar surface area (TPSA) is 59.4 Å². The Balaban J connectivity index is 2.42. The third kappa shape index (κ3) is 1.45. The van der Waals surface area contributed by atoms with E-state index in [1.807, 2.05) is 6.92 Å². The van der Waals surface area contributed by atoms with Gasteiger partial charge in [0, 0.05) is 10.8 Å². The first-order chi connectivity index (χ1) is 6.18. The highest BCUT2D eigenvalue weighted by atomic mass is 32.1. The summed E-state index contributed by atoms with van der Waals surface area (Å²) in [4.78, 5) is 15.7. The van der Waals surface area contributed by atoms with Gasteiger partial charge in [-0.25, -0.2) is 9.78 Å². The molecule has 0 radical (unpaired) electrons. The summed E-state index contributed by atoms with van der Waals surface area (Å²) in [5, 5.41) is 8.90. The third-order valence-corrected chi connectivity index (χ3v) is 3.28. The van der Waals surface area contributed by atoms with Crippen LogP contribution in [0.15, 0.2) is 0 Å². The quantitative estimate of drug-likeness (QED) is 0.744. The van der Waals surface area contributed by atoms with Gasteiger partial charge in [-0.2, -0.15) is 0 Å². The molecule has 1 atom stereocenters. The number of fused-ring (bicyclic) bond motifs is 1. The van der Waals surface area contributed by atoms with Crippen molar-refractivity contribution in [1.29, 1.82) is 0 Å². The zero-order valence-electron chi connectivity index (χ0n) is 7.11. The lowest BCUT2D eigenvalue weighted by Crippen LogP contribution is -2.12. The van der Waals surface area contributed by atoms with Crippen molar-refractivity contribution < 1.29 is 14.6 Å². The summed E-state index contributed by atoms with van der Waals surface area (Å²) in [5.41, 5.74) is 0.793. The zero-order chi connectivity index (χ0) is 9.42. The van der Waals surface area contributed by atoms with Crippen LogP contribution in [0.4, 0.5) is 0 Å². The number of thiazole rings is 1. The van der Waals surface area contributed by atoms with E-state index in [1.54, 1.807) is 0 Å². The van der Waals surface area contributed by atoms with Gasteiger partial charge in [0.05, 0.1) is 18.9 Å². The molecule has 1 unspecified atom stereocenters. The number of aromatic carboxylic acids is 1. The molecule has 0 bridgehead atoms. The molecule has 0 saturated carbocycles. The summed E-state index contributed by atoms with van der Waals surface area (Å²) in [6, 6.07) is 0. The van der Waals surface area contributed by atoms with Gasteiger partial charge in [0.25, 0.3) is 0 Å². The number of ether oxygens (including phenoxy) is 1. The van der Waals surface area contributed by atoms with Crippen LogP contribution < -0.4 is 0 Å². The predicted octanol–water partition coefficient (Wildman–Crippen LogP) is 1.48. The fraction of sp³-hybridized carbons (Fsp3) is 0.500. The number of nitrogens with zero attached hydrogens (tertiary/aromatic N) is 1. The molecule has 0 spiro atoms. The van der Waals surface area contributed by atoms with Crippen molar-refractivity contribution >= 4 is 17.3 Å². The van der Waals surface area contributed by atoms with Gasteiger partial charge in [-0.05, 0) is 0 Å². The predicted molar refractivity (Wildman–Crippen MR) is 47.1 cm³/mol. The van der Waals surface area contributed by atoms with Crippen molar-refractivity contribution in [2.75, 3.05) is 6.61 Å². The van der Waals surface area contributed by atoms with Gasteiger partial charge in [0.2, 0.25) is 5.01 Å². The van der Waals surface area contributed by atoms with Crippen LogP contribution in [0.3, 0.4) is 0 Å². The second-order valence-electron chi connectivity index (χ2n) is 3.05. The first kappa shape index (κ1) is 8.65. The smallest absolute Gasteiger partial charge is 0.365 e. The number of carboxylic acids is 1. The molecule has 1 aromatic rings. The second kappa shape index (κ2) is 3.08. The second-order valence-corrected chi connectivity index (χ2v) is 4.08. The van der Waals surface area contributed by atoms with Crippen molar-refractivity contribution in [2.24, 2.45) is 0 Å². The number of carboxylic acid groups (broad SMARTS) is 1. The minimum Gasteiger partial charge on any atom is -0.476 e. The lowest BCUT2D eigenvalue weighted by atomic mass is 10.1. The lowest BCUT2D eigenvalue weighted by molar-refractivity contribution is 0.0694. The molecule has 0 fully saturated rings. The summed E-state index contributed by atoms with van der Waals surface area (Å²) in [7, 11) is 0. The van der Waals surface area contributed by atoms with E-state index in [9.17, 15) is 4.79 Å². The van der Waals surface area contributed by atoms with E-state index in [4.69, 9.17) is 9.84 Å². The van der Waals surface area contributed by atoms with Crippen molar-refractivity contribution in [3.63, 3.8) is 0 Å². The maximum absolute atomic E-state index is 10.6. The van der Waals surface area contributed by atoms with Gasteiger partial charge in [-0.3, -0.25) is 0 Å². The molecule has 2 rings (SSSR count). The summed E-state index contributed by atoms with van der Waals surface area (Å²) in [6.45, 7) is 3.12. The van der Waals surface area contributed by atoms with Crippen LogP contribution in [0.5, 0.6) is 0 Å². The van der Waals surface area contributed by atoms with Crippen LogP contribution in [0, 0.1) is 0 Å². The first-order valence-electron chi connectivity index (χ1n) is 3.99. The number of hydrogen-bond acceptors (Lipinski definition) is 4. The average molecular weight is 199 g/mol. The van der Waals surface area contributed by atoms with Crippen LogP contribution in [-0.2, 0) is 11.3 Å². The van der Waals surface area contributed by atoms with Gasteiger partial charge >= 0.3 is 5.97 Å². The Morgan fingerprint density at radius 1 is 1.77 bits per heavy atom. The molecule has 1 aromatic heterocycles. The monoisotopic (exact) mass is 199 g/mol. The molecule has 1 aliphatic heterocycles. The van der Waals surface area contributed by atoms with Crippen molar-refractivity contribution in [3.8, 4) is 0 Å². The summed E-state index contributed by atoms with van der Waals surface area (Å²) >= 11 is 1.26. The molecule has 13 heavy (non-hydrogen) atoms. The standard InChI is InChI=1S/C8H9NO3S/c1-4-2-12-3-5-6(4)13-7(9-5)8(10)11/h4H,2-3H2,1H3,(H,10,11). The molecule has 4 nitrogen and oxygen atoms in total. The van der Waals surface area contributed by atoms with Crippen LogP contribution in [0.2, 0.25) is 0 Å². The fourth-order valence-corrected chi connectivity index (χ4v) is 2.29. The Labute approximate surface area is 79.2 Å². The highest BCUT2D eigenvalue weighted by Crippen LogP contribution is 2.31. The van der Waals surface area contributed by atoms with E-state index in [0.717, 1.165) is 10.6 Å². The van der Waals surface area contributed by atoms with Crippen LogP contribution >= 0.6 is 11.3 Å². The molecule has 5 heteroatoms. The highest BCUT2D eigenvalue weighted by molar-refractivity contribution is 7.13. The molecule has 1 aliphatic rings. The molecule has 0 aliphatic carbocycles. The lowest BCUT2D eigenvalue weighted by Gasteiger charge is -2.16. The van der Waals surface area contributed by atoms with E-state index < -0.39 is 5.97 Å². The fourth-order valence-electron chi connectivity index (χ4n) is 1.35. The Kier molecular flexibility index (Phi) is 2.05. The van der Waals surface area contributed by atoms with Crippen LogP contribution in [-0.4, -0.2) is 22.7 Å². The van der Waals surface area contributed by atoms with Gasteiger partial charge in [0.15, 0.2) is 0 Å². The molecule has 2 heterocycles. The Morgan fingerprint density at radius 3 is 3.15 bits per heavy atom. The number of carbonyl (C=O) groups is 1. The van der Waals surface area contributed by atoms with E-state index >= 15 is 0 Å².